The standard InChI is InChI=1S/C24H17Cl2NO3/c25-20-11-10-17(13-21(20)26)12-19-18-8-4-5-9-22(18)27(24(19)29)14-23(28)30-15-16-6-2-1-3-7-16/h1-13H,14-15H2/b19-12-. The SMILES string of the molecule is O=C(CN1C(=O)/C(=C\c2ccc(Cl)c(Cl)c2)c2ccccc21)OCc1ccccc1. The maximum Gasteiger partial charge on any atom is 0.326 e. The summed E-state index contributed by atoms with van der Waals surface area (Å²) in [4.78, 5) is 27.0. The molecule has 0 saturated carbocycles. The molecule has 1 aliphatic heterocycles. The number of ether oxygens (including phenoxy) is 1. The van der Waals surface area contributed by atoms with Crippen LogP contribution in [0, 0.1) is 0 Å². The molecule has 4 nitrogen and oxygen atoms in total. The molecule has 1 aliphatic rings. The van der Waals surface area contributed by atoms with Crippen molar-refractivity contribution in [1.82, 2.24) is 0 Å². The van der Waals surface area contributed by atoms with Gasteiger partial charge in [0.25, 0.3) is 5.91 Å². The van der Waals surface area contributed by atoms with Gasteiger partial charge in [0.05, 0.1) is 15.7 Å². The smallest absolute Gasteiger partial charge is 0.326 e. The molecule has 0 aliphatic carbocycles. The number of rotatable bonds is 5. The molecule has 0 N–H and O–H groups in total. The van der Waals surface area contributed by atoms with Gasteiger partial charge in [0, 0.05) is 11.1 Å². The van der Waals surface area contributed by atoms with Crippen molar-refractivity contribution in [2.45, 2.75) is 6.61 Å². The fraction of sp³-hybridized carbons (Fsp3) is 0.0833. The highest BCUT2D eigenvalue weighted by Crippen LogP contribution is 2.38. The lowest BCUT2D eigenvalue weighted by Crippen LogP contribution is -2.33. The quantitative estimate of drug-likeness (QED) is 0.384. The van der Waals surface area contributed by atoms with Crippen LogP contribution in [0.15, 0.2) is 72.8 Å². The lowest BCUT2D eigenvalue weighted by molar-refractivity contribution is -0.143. The molecule has 0 bridgehead atoms. The van der Waals surface area contributed by atoms with Gasteiger partial charge in [-0.05, 0) is 35.4 Å². The normalized spacial score (nSPS) is 14.1. The molecule has 1 heterocycles. The van der Waals surface area contributed by atoms with Crippen molar-refractivity contribution in [3.05, 3.63) is 99.5 Å². The number of carbonyl (C=O) groups excluding carboxylic acids is 2. The minimum Gasteiger partial charge on any atom is -0.459 e. The van der Waals surface area contributed by atoms with Gasteiger partial charge >= 0.3 is 5.97 Å². The van der Waals surface area contributed by atoms with Crippen LogP contribution in [-0.2, 0) is 20.9 Å². The zero-order valence-electron chi connectivity index (χ0n) is 15.8. The molecule has 4 rings (SSSR count). The Labute approximate surface area is 184 Å². The highest BCUT2D eigenvalue weighted by molar-refractivity contribution is 6.42. The molecule has 0 radical (unpaired) electrons. The number of para-hydroxylation sites is 1. The summed E-state index contributed by atoms with van der Waals surface area (Å²) in [6.45, 7) is -0.00326. The van der Waals surface area contributed by atoms with Crippen molar-refractivity contribution in [3.8, 4) is 0 Å². The van der Waals surface area contributed by atoms with Gasteiger partial charge in [-0.1, -0.05) is 77.8 Å². The summed E-state index contributed by atoms with van der Waals surface area (Å²) < 4.78 is 5.35. The van der Waals surface area contributed by atoms with Gasteiger partial charge in [0.2, 0.25) is 0 Å². The van der Waals surface area contributed by atoms with Crippen LogP contribution in [-0.4, -0.2) is 18.4 Å². The van der Waals surface area contributed by atoms with Gasteiger partial charge in [-0.25, -0.2) is 0 Å². The Bertz CT molecular complexity index is 1140. The molecule has 3 aromatic rings. The minimum absolute atomic E-state index is 0.162. The van der Waals surface area contributed by atoms with Gasteiger partial charge in [-0.2, -0.15) is 0 Å². The van der Waals surface area contributed by atoms with E-state index < -0.39 is 5.97 Å². The second kappa shape index (κ2) is 8.74. The third-order valence-corrected chi connectivity index (χ3v) is 5.48. The van der Waals surface area contributed by atoms with Crippen LogP contribution in [0.3, 0.4) is 0 Å². The fourth-order valence-electron chi connectivity index (χ4n) is 3.28. The summed E-state index contributed by atoms with van der Waals surface area (Å²) in [5, 5.41) is 0.853. The predicted molar refractivity (Wildman–Crippen MR) is 119 cm³/mol. The molecular weight excluding hydrogens is 421 g/mol. The zero-order chi connectivity index (χ0) is 21.1. The number of carbonyl (C=O) groups is 2. The zero-order valence-corrected chi connectivity index (χ0v) is 17.4. The van der Waals surface area contributed by atoms with Gasteiger partial charge in [-0.15, -0.1) is 0 Å². The van der Waals surface area contributed by atoms with Crippen molar-refractivity contribution < 1.29 is 14.3 Å². The van der Waals surface area contributed by atoms with Crippen LogP contribution in [0.4, 0.5) is 5.69 Å². The average molecular weight is 438 g/mol. The number of halogens is 2. The molecule has 0 aromatic heterocycles. The lowest BCUT2D eigenvalue weighted by atomic mass is 10.0. The molecule has 6 heteroatoms. The van der Waals surface area contributed by atoms with E-state index in [1.807, 2.05) is 54.6 Å². The summed E-state index contributed by atoms with van der Waals surface area (Å²) in [6.07, 6.45) is 1.75. The van der Waals surface area contributed by atoms with Crippen LogP contribution in [0.2, 0.25) is 10.0 Å². The van der Waals surface area contributed by atoms with Crippen molar-refractivity contribution >= 4 is 52.4 Å². The molecule has 0 unspecified atom stereocenters. The van der Waals surface area contributed by atoms with Crippen LogP contribution in [0.25, 0.3) is 11.6 Å². The van der Waals surface area contributed by atoms with Crippen molar-refractivity contribution in [3.63, 3.8) is 0 Å². The van der Waals surface area contributed by atoms with E-state index in [1.165, 1.54) is 4.90 Å². The van der Waals surface area contributed by atoms with Gasteiger partial charge in [0.1, 0.15) is 13.2 Å². The second-order valence-electron chi connectivity index (χ2n) is 6.79. The van der Waals surface area contributed by atoms with Crippen LogP contribution in [0.1, 0.15) is 16.7 Å². The van der Waals surface area contributed by atoms with Crippen LogP contribution >= 0.6 is 23.2 Å². The summed E-state index contributed by atoms with van der Waals surface area (Å²) >= 11 is 12.1. The molecule has 1 amide bonds. The first-order valence-electron chi connectivity index (χ1n) is 9.30. The van der Waals surface area contributed by atoms with E-state index in [0.717, 1.165) is 16.7 Å². The number of nitrogens with zero attached hydrogens (tertiary/aromatic N) is 1. The summed E-state index contributed by atoms with van der Waals surface area (Å²) in [7, 11) is 0. The molecule has 150 valence electrons. The average Bonchev–Trinajstić information content (AvgIpc) is 3.01. The topological polar surface area (TPSA) is 46.6 Å². The Morgan fingerprint density at radius 2 is 1.67 bits per heavy atom. The molecule has 30 heavy (non-hydrogen) atoms. The van der Waals surface area contributed by atoms with Gasteiger partial charge in [-0.3, -0.25) is 14.5 Å². The molecule has 0 fully saturated rings. The Balaban J connectivity index is 1.56. The highest BCUT2D eigenvalue weighted by atomic mass is 35.5. The van der Waals surface area contributed by atoms with Crippen molar-refractivity contribution in [2.75, 3.05) is 11.4 Å². The van der Waals surface area contributed by atoms with Gasteiger partial charge in [0.15, 0.2) is 0 Å². The number of amides is 1. The first kappa shape index (κ1) is 20.2. The molecule has 0 saturated heterocycles. The van der Waals surface area contributed by atoms with E-state index in [-0.39, 0.29) is 19.1 Å². The first-order chi connectivity index (χ1) is 14.5. The second-order valence-corrected chi connectivity index (χ2v) is 7.60. The van der Waals surface area contributed by atoms with Crippen LogP contribution in [0.5, 0.6) is 0 Å². The molecule has 0 spiro atoms. The van der Waals surface area contributed by atoms with E-state index in [2.05, 4.69) is 0 Å². The van der Waals surface area contributed by atoms with E-state index >= 15 is 0 Å². The van der Waals surface area contributed by atoms with E-state index in [4.69, 9.17) is 27.9 Å². The summed E-state index contributed by atoms with van der Waals surface area (Å²) in [6, 6.07) is 21.9. The largest absolute Gasteiger partial charge is 0.459 e. The maximum absolute atomic E-state index is 13.1. The Morgan fingerprint density at radius 1 is 0.933 bits per heavy atom. The van der Waals surface area contributed by atoms with Crippen molar-refractivity contribution in [1.29, 1.82) is 0 Å². The number of fused-ring (bicyclic) bond motifs is 1. The number of hydrogen-bond donors (Lipinski definition) is 0. The fourth-order valence-corrected chi connectivity index (χ4v) is 3.59. The number of anilines is 1. The Morgan fingerprint density at radius 3 is 2.43 bits per heavy atom. The van der Waals surface area contributed by atoms with E-state index in [1.54, 1.807) is 24.3 Å². The number of benzene rings is 3. The van der Waals surface area contributed by atoms with E-state index in [0.29, 0.717) is 21.3 Å². The number of esters is 1. The van der Waals surface area contributed by atoms with Crippen molar-refractivity contribution in [2.24, 2.45) is 0 Å². The highest BCUT2D eigenvalue weighted by Gasteiger charge is 2.33. The lowest BCUT2D eigenvalue weighted by Gasteiger charge is -2.16. The van der Waals surface area contributed by atoms with E-state index in [9.17, 15) is 9.59 Å². The molecular formula is C24H17Cl2NO3. The van der Waals surface area contributed by atoms with Gasteiger partial charge < -0.3 is 4.74 Å². The molecule has 3 aromatic carbocycles. The first-order valence-corrected chi connectivity index (χ1v) is 10.1. The maximum atomic E-state index is 13.1. The third kappa shape index (κ3) is 4.25. The Hall–Kier alpha value is -3.08. The monoisotopic (exact) mass is 437 g/mol. The molecule has 0 atom stereocenters. The minimum atomic E-state index is -0.474. The summed E-state index contributed by atoms with van der Waals surface area (Å²) in [5.74, 6) is -0.739. The third-order valence-electron chi connectivity index (χ3n) is 4.75. The Kier molecular flexibility index (Phi) is 5.88. The van der Waals surface area contributed by atoms with Crippen LogP contribution < -0.4 is 4.90 Å². The number of hydrogen-bond acceptors (Lipinski definition) is 3. The summed E-state index contributed by atoms with van der Waals surface area (Å²) in [5.41, 5.74) is 3.55. The predicted octanol–water partition coefficient (Wildman–Crippen LogP) is 5.62.